The van der Waals surface area contributed by atoms with Crippen LogP contribution in [0.3, 0.4) is 0 Å². The predicted octanol–water partition coefficient (Wildman–Crippen LogP) is 4.88. The number of hydrogen-bond acceptors (Lipinski definition) is 2. The summed E-state index contributed by atoms with van der Waals surface area (Å²) < 4.78 is 6.56. The summed E-state index contributed by atoms with van der Waals surface area (Å²) in [6.45, 7) is 12.3. The lowest BCUT2D eigenvalue weighted by Crippen LogP contribution is -2.56. The quantitative estimate of drug-likeness (QED) is 0.712. The molecule has 2 nitrogen and oxygen atoms in total. The summed E-state index contributed by atoms with van der Waals surface area (Å²) >= 11 is 0. The van der Waals surface area contributed by atoms with E-state index in [1.807, 2.05) is 30.4 Å². The van der Waals surface area contributed by atoms with Gasteiger partial charge in [0, 0.05) is 11.8 Å². The molecular formula is C24H28O2. The standard InChI is InChI=1S/C24H28O2/c1-4-13-23(25)19-9-7-8-10-20(19)24(14-5-2,26-15-6-3)22-18-12-11-17(16-18)21(22)23/h4-12,17-18,21-22,25H,1-3,13-16H2/t17-,18+,21-,22+,23+,24-/m0/s1. The van der Waals surface area contributed by atoms with Gasteiger partial charge in [-0.1, -0.05) is 54.6 Å². The van der Waals surface area contributed by atoms with E-state index in [4.69, 9.17) is 4.74 Å². The van der Waals surface area contributed by atoms with Crippen LogP contribution in [0.15, 0.2) is 74.4 Å². The molecule has 1 aromatic carbocycles. The van der Waals surface area contributed by atoms with Crippen LogP contribution in [0.2, 0.25) is 0 Å². The van der Waals surface area contributed by atoms with Crippen molar-refractivity contribution in [3.63, 3.8) is 0 Å². The Kier molecular flexibility index (Phi) is 4.29. The fourth-order valence-corrected chi connectivity index (χ4v) is 6.07. The van der Waals surface area contributed by atoms with Crippen LogP contribution < -0.4 is 0 Å². The maximum Gasteiger partial charge on any atom is 0.101 e. The van der Waals surface area contributed by atoms with Crippen LogP contribution in [0.25, 0.3) is 0 Å². The van der Waals surface area contributed by atoms with E-state index in [1.165, 1.54) is 0 Å². The van der Waals surface area contributed by atoms with Crippen molar-refractivity contribution in [2.75, 3.05) is 6.61 Å². The highest BCUT2D eigenvalue weighted by molar-refractivity contribution is 5.45. The molecule has 0 amide bonds. The average molecular weight is 348 g/mol. The minimum atomic E-state index is -0.893. The number of aliphatic hydroxyl groups is 1. The molecule has 3 aliphatic rings. The molecule has 1 fully saturated rings. The molecule has 136 valence electrons. The molecule has 0 aliphatic heterocycles. The number of allylic oxidation sites excluding steroid dienone is 2. The third kappa shape index (κ3) is 2.19. The number of ether oxygens (including phenoxy) is 1. The van der Waals surface area contributed by atoms with E-state index >= 15 is 0 Å². The third-order valence-corrected chi connectivity index (χ3v) is 6.76. The highest BCUT2D eigenvalue weighted by Crippen LogP contribution is 2.66. The fraction of sp³-hybridized carbons (Fsp3) is 0.417. The van der Waals surface area contributed by atoms with Crippen LogP contribution in [0.5, 0.6) is 0 Å². The maximum absolute atomic E-state index is 11.9. The second kappa shape index (κ2) is 6.37. The zero-order chi connectivity index (χ0) is 18.4. The summed E-state index contributed by atoms with van der Waals surface area (Å²) in [6.07, 6.45) is 12.7. The number of fused-ring (bicyclic) bond motifs is 6. The molecule has 26 heavy (non-hydrogen) atoms. The monoisotopic (exact) mass is 348 g/mol. The van der Waals surface area contributed by atoms with Crippen LogP contribution >= 0.6 is 0 Å². The van der Waals surface area contributed by atoms with Gasteiger partial charge in [-0.25, -0.2) is 0 Å². The van der Waals surface area contributed by atoms with E-state index in [2.05, 4.69) is 44.0 Å². The molecule has 0 aromatic heterocycles. The fourth-order valence-electron chi connectivity index (χ4n) is 6.07. The lowest BCUT2D eigenvalue weighted by Gasteiger charge is -2.55. The first-order valence-corrected chi connectivity index (χ1v) is 9.59. The Labute approximate surface area is 156 Å². The zero-order valence-corrected chi connectivity index (χ0v) is 15.3. The molecule has 6 atom stereocenters. The predicted molar refractivity (Wildman–Crippen MR) is 106 cm³/mol. The van der Waals surface area contributed by atoms with Gasteiger partial charge in [0.05, 0.1) is 12.2 Å². The first-order chi connectivity index (χ1) is 12.6. The number of benzene rings is 1. The summed E-state index contributed by atoms with van der Waals surface area (Å²) in [5.41, 5.74) is 0.741. The lowest BCUT2D eigenvalue weighted by molar-refractivity contribution is -0.166. The SMILES string of the molecule is C=CCO[C@@]1(CC=C)c2ccccc2[C@](O)(CC=C)[C@@H]2[C@H]1[C@@H]1C=C[C@H]2C1. The Hall–Kier alpha value is -1.90. The highest BCUT2D eigenvalue weighted by Gasteiger charge is 2.65. The normalized spacial score (nSPS) is 39.3. The second-order valence-corrected chi connectivity index (χ2v) is 7.94. The molecular weight excluding hydrogens is 320 g/mol. The van der Waals surface area contributed by atoms with Crippen molar-refractivity contribution in [1.29, 1.82) is 0 Å². The van der Waals surface area contributed by atoms with Gasteiger partial charge >= 0.3 is 0 Å². The van der Waals surface area contributed by atoms with E-state index in [1.54, 1.807) is 0 Å². The van der Waals surface area contributed by atoms with Crippen molar-refractivity contribution < 1.29 is 9.84 Å². The number of rotatable bonds is 7. The topological polar surface area (TPSA) is 29.5 Å². The van der Waals surface area contributed by atoms with Crippen LogP contribution in [0, 0.1) is 23.7 Å². The zero-order valence-electron chi connectivity index (χ0n) is 15.3. The van der Waals surface area contributed by atoms with Gasteiger partial charge in [0.25, 0.3) is 0 Å². The van der Waals surface area contributed by atoms with Gasteiger partial charge < -0.3 is 9.84 Å². The Morgan fingerprint density at radius 1 is 0.962 bits per heavy atom. The van der Waals surface area contributed by atoms with Crippen molar-refractivity contribution >= 4 is 0 Å². The molecule has 4 rings (SSSR count). The Bertz CT molecular complexity index is 763. The van der Waals surface area contributed by atoms with Gasteiger partial charge in [-0.05, 0) is 42.2 Å². The van der Waals surface area contributed by atoms with Crippen molar-refractivity contribution in [3.05, 3.63) is 85.5 Å². The Balaban J connectivity index is 1.98. The summed E-state index contributed by atoms with van der Waals surface area (Å²) in [4.78, 5) is 0. The molecule has 1 saturated carbocycles. The maximum atomic E-state index is 11.9. The molecule has 0 spiro atoms. The van der Waals surface area contributed by atoms with E-state index < -0.39 is 11.2 Å². The molecule has 1 N–H and O–H groups in total. The summed E-state index contributed by atoms with van der Waals surface area (Å²) in [5.74, 6) is 1.18. The molecule has 1 aromatic rings. The summed E-state index contributed by atoms with van der Waals surface area (Å²) in [5, 5.41) is 11.9. The smallest absolute Gasteiger partial charge is 0.101 e. The van der Waals surface area contributed by atoms with Crippen LogP contribution in [-0.2, 0) is 15.9 Å². The van der Waals surface area contributed by atoms with Gasteiger partial charge in [-0.2, -0.15) is 0 Å². The summed E-state index contributed by atoms with van der Waals surface area (Å²) in [7, 11) is 0. The summed E-state index contributed by atoms with van der Waals surface area (Å²) in [6, 6.07) is 8.26. The molecule has 0 saturated heterocycles. The highest BCUT2D eigenvalue weighted by atomic mass is 16.5. The Morgan fingerprint density at radius 3 is 2.27 bits per heavy atom. The average Bonchev–Trinajstić information content (AvgIpc) is 3.27. The molecule has 3 aliphatic carbocycles. The number of hydrogen-bond donors (Lipinski definition) is 1. The van der Waals surface area contributed by atoms with E-state index in [0.717, 1.165) is 24.0 Å². The second-order valence-electron chi connectivity index (χ2n) is 7.94. The van der Waals surface area contributed by atoms with Gasteiger partial charge in [-0.3, -0.25) is 0 Å². The van der Waals surface area contributed by atoms with Crippen molar-refractivity contribution in [1.82, 2.24) is 0 Å². The van der Waals surface area contributed by atoms with Gasteiger partial charge in [0.15, 0.2) is 0 Å². The van der Waals surface area contributed by atoms with E-state index in [-0.39, 0.29) is 11.8 Å². The molecule has 0 radical (unpaired) electrons. The first kappa shape index (κ1) is 17.5. The minimum absolute atomic E-state index is 0.134. The van der Waals surface area contributed by atoms with E-state index in [0.29, 0.717) is 24.9 Å². The Morgan fingerprint density at radius 2 is 1.62 bits per heavy atom. The van der Waals surface area contributed by atoms with Crippen LogP contribution in [-0.4, -0.2) is 11.7 Å². The van der Waals surface area contributed by atoms with Crippen LogP contribution in [0.4, 0.5) is 0 Å². The molecule has 2 bridgehead atoms. The van der Waals surface area contributed by atoms with Crippen LogP contribution in [0.1, 0.15) is 30.4 Å². The minimum Gasteiger partial charge on any atom is -0.385 e. The van der Waals surface area contributed by atoms with Crippen molar-refractivity contribution in [2.45, 2.75) is 30.5 Å². The molecule has 0 unspecified atom stereocenters. The lowest BCUT2D eigenvalue weighted by atomic mass is 9.54. The molecule has 0 heterocycles. The largest absolute Gasteiger partial charge is 0.385 e. The molecule has 2 heteroatoms. The van der Waals surface area contributed by atoms with Gasteiger partial charge in [0.1, 0.15) is 5.60 Å². The van der Waals surface area contributed by atoms with Crippen molar-refractivity contribution in [2.24, 2.45) is 23.7 Å². The van der Waals surface area contributed by atoms with Gasteiger partial charge in [-0.15, -0.1) is 19.7 Å². The van der Waals surface area contributed by atoms with Crippen molar-refractivity contribution in [3.8, 4) is 0 Å². The first-order valence-electron chi connectivity index (χ1n) is 9.59. The van der Waals surface area contributed by atoms with E-state index in [9.17, 15) is 5.11 Å². The third-order valence-electron chi connectivity index (χ3n) is 6.76. The van der Waals surface area contributed by atoms with Gasteiger partial charge in [0.2, 0.25) is 0 Å².